The molecule has 0 radical (unpaired) electrons. The quantitative estimate of drug-likeness (QED) is 0.861. The first kappa shape index (κ1) is 11.6. The number of nitrogens with zero attached hydrogens (tertiary/aromatic N) is 3. The molecule has 90 valence electrons. The summed E-state index contributed by atoms with van der Waals surface area (Å²) < 4.78 is 1.53. The van der Waals surface area contributed by atoms with Crippen molar-refractivity contribution in [1.82, 2.24) is 14.8 Å². The molecule has 17 heavy (non-hydrogen) atoms. The van der Waals surface area contributed by atoms with Crippen LogP contribution in [0.3, 0.4) is 0 Å². The molecule has 2 N–H and O–H groups in total. The number of carboxylic acid groups (broad SMARTS) is 1. The maximum Gasteiger partial charge on any atom is 0.341 e. The largest absolute Gasteiger partial charge is 0.477 e. The number of aryl methyl sites for hydroxylation is 2. The van der Waals surface area contributed by atoms with E-state index in [0.29, 0.717) is 18.1 Å². The molecule has 0 bridgehead atoms. The highest BCUT2D eigenvalue weighted by Crippen LogP contribution is 2.19. The third-order valence-electron chi connectivity index (χ3n) is 2.36. The topological polar surface area (TPSA) is 80.0 Å². The van der Waals surface area contributed by atoms with Crippen molar-refractivity contribution in [2.45, 2.75) is 13.5 Å². The van der Waals surface area contributed by atoms with Crippen LogP contribution in [-0.4, -0.2) is 25.8 Å². The molecule has 0 fully saturated rings. The first-order valence-corrected chi connectivity index (χ1v) is 5.91. The monoisotopic (exact) mass is 252 g/mol. The van der Waals surface area contributed by atoms with Crippen molar-refractivity contribution in [3.8, 4) is 0 Å². The summed E-state index contributed by atoms with van der Waals surface area (Å²) in [5, 5.41) is 18.2. The molecule has 0 saturated heterocycles. The van der Waals surface area contributed by atoms with Crippen LogP contribution in [0.15, 0.2) is 10.9 Å². The van der Waals surface area contributed by atoms with E-state index in [9.17, 15) is 4.79 Å². The molecule has 0 spiro atoms. The zero-order valence-corrected chi connectivity index (χ0v) is 10.3. The van der Waals surface area contributed by atoms with Gasteiger partial charge in [0.05, 0.1) is 23.4 Å². The Balaban J connectivity index is 2.23. The number of hydrogen-bond donors (Lipinski definition) is 2. The summed E-state index contributed by atoms with van der Waals surface area (Å²) in [5.41, 5.74) is 3.33. The summed E-state index contributed by atoms with van der Waals surface area (Å²) in [6.45, 7) is 2.17. The fourth-order valence-corrected chi connectivity index (χ4v) is 2.17. The normalized spacial score (nSPS) is 10.5. The van der Waals surface area contributed by atoms with E-state index >= 15 is 0 Å². The van der Waals surface area contributed by atoms with Gasteiger partial charge in [0.15, 0.2) is 0 Å². The van der Waals surface area contributed by atoms with Crippen molar-refractivity contribution in [1.29, 1.82) is 0 Å². The minimum absolute atomic E-state index is 0.211. The fourth-order valence-electron chi connectivity index (χ4n) is 1.62. The van der Waals surface area contributed by atoms with Crippen molar-refractivity contribution in [2.75, 3.05) is 5.32 Å². The van der Waals surface area contributed by atoms with E-state index in [1.165, 1.54) is 16.0 Å². The summed E-state index contributed by atoms with van der Waals surface area (Å²) in [5.74, 6) is -0.473. The number of carboxylic acids is 1. The molecule has 7 heteroatoms. The maximum atomic E-state index is 11.1. The molecule has 2 rings (SSSR count). The predicted molar refractivity (Wildman–Crippen MR) is 64.3 cm³/mol. The zero-order valence-electron chi connectivity index (χ0n) is 9.47. The van der Waals surface area contributed by atoms with Gasteiger partial charge in [-0.15, -0.1) is 11.3 Å². The Morgan fingerprint density at radius 3 is 3.00 bits per heavy atom. The second kappa shape index (κ2) is 4.54. The Labute approximate surface area is 102 Å². The van der Waals surface area contributed by atoms with Crippen molar-refractivity contribution < 1.29 is 9.90 Å². The Kier molecular flexibility index (Phi) is 3.10. The van der Waals surface area contributed by atoms with Crippen molar-refractivity contribution >= 4 is 23.1 Å². The van der Waals surface area contributed by atoms with Crippen LogP contribution in [0.4, 0.5) is 5.82 Å². The number of thiazole rings is 1. The third kappa shape index (κ3) is 2.28. The van der Waals surface area contributed by atoms with Crippen molar-refractivity contribution in [3.05, 3.63) is 27.8 Å². The Morgan fingerprint density at radius 1 is 1.65 bits per heavy atom. The molecule has 6 nitrogen and oxygen atoms in total. The highest BCUT2D eigenvalue weighted by atomic mass is 32.1. The SMILES string of the molecule is Cc1nn(C)c(NCc2cscn2)c1C(=O)O. The Bertz CT molecular complexity index is 533. The van der Waals surface area contributed by atoms with Crippen LogP contribution in [0.1, 0.15) is 21.7 Å². The standard InChI is InChI=1S/C10H12N4O2S/c1-6-8(10(15)16)9(14(2)13-6)11-3-7-4-17-5-12-7/h4-5,11H,3H2,1-2H3,(H,15,16). The minimum Gasteiger partial charge on any atom is -0.477 e. The van der Waals surface area contributed by atoms with Crippen LogP contribution in [0, 0.1) is 6.92 Å². The molecule has 0 aliphatic carbocycles. The van der Waals surface area contributed by atoms with Crippen LogP contribution >= 0.6 is 11.3 Å². The van der Waals surface area contributed by atoms with E-state index in [4.69, 9.17) is 5.11 Å². The number of carbonyl (C=O) groups is 1. The lowest BCUT2D eigenvalue weighted by Gasteiger charge is -2.06. The molecule has 0 aliphatic rings. The van der Waals surface area contributed by atoms with Gasteiger partial charge in [-0.3, -0.25) is 4.68 Å². The minimum atomic E-state index is -0.976. The van der Waals surface area contributed by atoms with Gasteiger partial charge in [0, 0.05) is 12.4 Å². The molecule has 0 aliphatic heterocycles. The molecular formula is C10H12N4O2S. The number of rotatable bonds is 4. The van der Waals surface area contributed by atoms with E-state index in [1.54, 1.807) is 19.5 Å². The zero-order chi connectivity index (χ0) is 12.4. The van der Waals surface area contributed by atoms with E-state index in [2.05, 4.69) is 15.4 Å². The average Bonchev–Trinajstić information content (AvgIpc) is 2.83. The van der Waals surface area contributed by atoms with Crippen molar-refractivity contribution in [3.63, 3.8) is 0 Å². The first-order chi connectivity index (χ1) is 8.09. The second-order valence-corrected chi connectivity index (χ2v) is 4.29. The van der Waals surface area contributed by atoms with Crippen LogP contribution in [0.25, 0.3) is 0 Å². The van der Waals surface area contributed by atoms with E-state index in [1.807, 2.05) is 5.38 Å². The molecule has 0 aromatic carbocycles. The molecule has 0 unspecified atom stereocenters. The predicted octanol–water partition coefficient (Wildman–Crippen LogP) is 1.50. The van der Waals surface area contributed by atoms with Gasteiger partial charge in [-0.25, -0.2) is 9.78 Å². The number of aromatic carboxylic acids is 1. The number of hydrogen-bond acceptors (Lipinski definition) is 5. The summed E-state index contributed by atoms with van der Waals surface area (Å²) in [4.78, 5) is 15.2. The van der Waals surface area contributed by atoms with Crippen molar-refractivity contribution in [2.24, 2.45) is 7.05 Å². The Morgan fingerprint density at radius 2 is 2.41 bits per heavy atom. The number of nitrogens with one attached hydrogen (secondary N) is 1. The fraction of sp³-hybridized carbons (Fsp3) is 0.300. The third-order valence-corrected chi connectivity index (χ3v) is 2.99. The molecular weight excluding hydrogens is 240 g/mol. The lowest BCUT2D eigenvalue weighted by atomic mass is 10.2. The van der Waals surface area contributed by atoms with Gasteiger partial charge in [0.25, 0.3) is 0 Å². The van der Waals surface area contributed by atoms with Gasteiger partial charge in [-0.2, -0.15) is 5.10 Å². The van der Waals surface area contributed by atoms with Gasteiger partial charge < -0.3 is 10.4 Å². The molecule has 0 saturated carbocycles. The van der Waals surface area contributed by atoms with E-state index in [-0.39, 0.29) is 5.56 Å². The van der Waals surface area contributed by atoms with Gasteiger partial charge >= 0.3 is 5.97 Å². The van der Waals surface area contributed by atoms with E-state index in [0.717, 1.165) is 5.69 Å². The second-order valence-electron chi connectivity index (χ2n) is 3.57. The number of aromatic nitrogens is 3. The maximum absolute atomic E-state index is 11.1. The lowest BCUT2D eigenvalue weighted by molar-refractivity contribution is 0.0697. The van der Waals surface area contributed by atoms with Crippen LogP contribution < -0.4 is 5.32 Å². The number of anilines is 1. The summed E-state index contributed by atoms with van der Waals surface area (Å²) in [6, 6.07) is 0. The van der Waals surface area contributed by atoms with Crippen LogP contribution in [0.5, 0.6) is 0 Å². The van der Waals surface area contributed by atoms with E-state index < -0.39 is 5.97 Å². The Hall–Kier alpha value is -1.89. The first-order valence-electron chi connectivity index (χ1n) is 4.97. The highest BCUT2D eigenvalue weighted by molar-refractivity contribution is 7.07. The van der Waals surface area contributed by atoms with Gasteiger partial charge in [0.2, 0.25) is 0 Å². The van der Waals surface area contributed by atoms with Gasteiger partial charge in [-0.05, 0) is 6.92 Å². The molecule has 0 atom stereocenters. The smallest absolute Gasteiger partial charge is 0.341 e. The lowest BCUT2D eigenvalue weighted by Crippen LogP contribution is -2.09. The van der Waals surface area contributed by atoms with Gasteiger partial charge in [-0.1, -0.05) is 0 Å². The molecule has 2 aromatic rings. The van der Waals surface area contributed by atoms with Crippen LogP contribution in [0.2, 0.25) is 0 Å². The average molecular weight is 252 g/mol. The highest BCUT2D eigenvalue weighted by Gasteiger charge is 2.19. The summed E-state index contributed by atoms with van der Waals surface area (Å²) in [7, 11) is 1.71. The molecule has 0 amide bonds. The summed E-state index contributed by atoms with van der Waals surface area (Å²) in [6.07, 6.45) is 0. The molecule has 2 heterocycles. The van der Waals surface area contributed by atoms with Gasteiger partial charge in [0.1, 0.15) is 11.4 Å². The van der Waals surface area contributed by atoms with Crippen LogP contribution in [-0.2, 0) is 13.6 Å². The molecule has 2 aromatic heterocycles. The summed E-state index contributed by atoms with van der Waals surface area (Å²) >= 11 is 1.50.